The lowest BCUT2D eigenvalue weighted by atomic mass is 9.99. The SMILES string of the molecule is CC1CCN(C(=O)CSc2nc3cc(Cl)ccc3o2)CC1. The topological polar surface area (TPSA) is 46.3 Å². The highest BCUT2D eigenvalue weighted by atomic mass is 35.5. The smallest absolute Gasteiger partial charge is 0.257 e. The number of rotatable bonds is 3. The van der Waals surface area contributed by atoms with Crippen molar-refractivity contribution in [2.75, 3.05) is 18.8 Å². The summed E-state index contributed by atoms with van der Waals surface area (Å²) in [5.41, 5.74) is 1.42. The molecule has 1 aliphatic rings. The Morgan fingerprint density at radius 3 is 3.00 bits per heavy atom. The molecule has 0 saturated carbocycles. The van der Waals surface area contributed by atoms with E-state index in [0.29, 0.717) is 21.6 Å². The Balaban J connectivity index is 1.59. The minimum Gasteiger partial charge on any atom is -0.431 e. The van der Waals surface area contributed by atoms with Gasteiger partial charge in [-0.05, 0) is 37.0 Å². The molecule has 1 aromatic carbocycles. The second-order valence-electron chi connectivity index (χ2n) is 5.44. The number of nitrogens with zero attached hydrogens (tertiary/aromatic N) is 2. The second-order valence-corrected chi connectivity index (χ2v) is 6.81. The number of oxazole rings is 1. The molecule has 1 aliphatic heterocycles. The highest BCUT2D eigenvalue weighted by Crippen LogP contribution is 2.26. The summed E-state index contributed by atoms with van der Waals surface area (Å²) < 4.78 is 5.60. The van der Waals surface area contributed by atoms with Crippen molar-refractivity contribution >= 4 is 40.4 Å². The third-order valence-electron chi connectivity index (χ3n) is 3.79. The first kappa shape index (κ1) is 14.7. The van der Waals surface area contributed by atoms with Crippen molar-refractivity contribution < 1.29 is 9.21 Å². The van der Waals surface area contributed by atoms with Gasteiger partial charge in [-0.25, -0.2) is 4.98 Å². The van der Waals surface area contributed by atoms with Gasteiger partial charge in [0.25, 0.3) is 5.22 Å². The number of carbonyl (C=O) groups is 1. The van der Waals surface area contributed by atoms with E-state index in [9.17, 15) is 4.79 Å². The molecule has 0 spiro atoms. The fourth-order valence-corrected chi connectivity index (χ4v) is 3.32. The Hall–Kier alpha value is -1.20. The molecular formula is C15H17ClN2O2S. The molecule has 0 aliphatic carbocycles. The lowest BCUT2D eigenvalue weighted by Gasteiger charge is -2.30. The monoisotopic (exact) mass is 324 g/mol. The van der Waals surface area contributed by atoms with Crippen LogP contribution in [0.1, 0.15) is 19.8 Å². The van der Waals surface area contributed by atoms with Crippen LogP contribution in [0.25, 0.3) is 11.1 Å². The van der Waals surface area contributed by atoms with Crippen molar-refractivity contribution in [3.8, 4) is 0 Å². The van der Waals surface area contributed by atoms with Gasteiger partial charge in [0, 0.05) is 18.1 Å². The number of likely N-dealkylation sites (tertiary alicyclic amines) is 1. The predicted octanol–water partition coefficient (Wildman–Crippen LogP) is 3.83. The fourth-order valence-electron chi connectivity index (χ4n) is 2.41. The summed E-state index contributed by atoms with van der Waals surface area (Å²) in [4.78, 5) is 18.4. The Bertz CT molecular complexity index is 650. The second kappa shape index (κ2) is 6.28. The van der Waals surface area contributed by atoms with Gasteiger partial charge in [-0.1, -0.05) is 30.3 Å². The van der Waals surface area contributed by atoms with E-state index in [0.717, 1.165) is 37.4 Å². The fraction of sp³-hybridized carbons (Fsp3) is 0.467. The lowest BCUT2D eigenvalue weighted by Crippen LogP contribution is -2.38. The molecule has 0 N–H and O–H groups in total. The predicted molar refractivity (Wildman–Crippen MR) is 84.7 cm³/mol. The van der Waals surface area contributed by atoms with Gasteiger partial charge >= 0.3 is 0 Å². The number of benzene rings is 1. The molecule has 3 rings (SSSR count). The van der Waals surface area contributed by atoms with Gasteiger partial charge < -0.3 is 9.32 Å². The van der Waals surface area contributed by atoms with Gasteiger partial charge in [0.05, 0.1) is 5.75 Å². The van der Waals surface area contributed by atoms with Crippen LogP contribution in [0, 0.1) is 5.92 Å². The molecule has 0 radical (unpaired) electrons. The molecule has 2 aromatic rings. The summed E-state index contributed by atoms with van der Waals surface area (Å²) in [6.45, 7) is 3.97. The molecule has 0 atom stereocenters. The van der Waals surface area contributed by atoms with Crippen molar-refractivity contribution in [1.29, 1.82) is 0 Å². The number of fused-ring (bicyclic) bond motifs is 1. The van der Waals surface area contributed by atoms with Crippen LogP contribution in [0.4, 0.5) is 0 Å². The van der Waals surface area contributed by atoms with E-state index in [1.165, 1.54) is 11.8 Å². The van der Waals surface area contributed by atoms with Crippen LogP contribution < -0.4 is 0 Å². The summed E-state index contributed by atoms with van der Waals surface area (Å²) in [5, 5.41) is 1.15. The van der Waals surface area contributed by atoms with Gasteiger partial charge in [0.15, 0.2) is 5.58 Å². The zero-order chi connectivity index (χ0) is 14.8. The average molecular weight is 325 g/mol. The van der Waals surface area contributed by atoms with Crippen LogP contribution in [0.5, 0.6) is 0 Å². The maximum Gasteiger partial charge on any atom is 0.257 e. The zero-order valence-corrected chi connectivity index (χ0v) is 13.4. The largest absolute Gasteiger partial charge is 0.431 e. The number of halogens is 1. The average Bonchev–Trinajstić information content (AvgIpc) is 2.87. The molecule has 4 nitrogen and oxygen atoms in total. The van der Waals surface area contributed by atoms with Gasteiger partial charge in [-0.3, -0.25) is 4.79 Å². The number of hydrogen-bond acceptors (Lipinski definition) is 4. The van der Waals surface area contributed by atoms with Crippen molar-refractivity contribution in [2.24, 2.45) is 5.92 Å². The quantitative estimate of drug-likeness (QED) is 0.805. The minimum atomic E-state index is 0.159. The summed E-state index contributed by atoms with van der Waals surface area (Å²) in [7, 11) is 0. The third-order valence-corrected chi connectivity index (χ3v) is 4.83. The molecule has 6 heteroatoms. The van der Waals surface area contributed by atoms with Crippen LogP contribution in [-0.2, 0) is 4.79 Å². The first-order chi connectivity index (χ1) is 10.1. The number of hydrogen-bond donors (Lipinski definition) is 0. The van der Waals surface area contributed by atoms with Crippen molar-refractivity contribution in [3.63, 3.8) is 0 Å². The van der Waals surface area contributed by atoms with Gasteiger partial charge in [-0.15, -0.1) is 0 Å². The molecule has 21 heavy (non-hydrogen) atoms. The number of carbonyl (C=O) groups excluding carboxylic acids is 1. The van der Waals surface area contributed by atoms with Crippen molar-refractivity contribution in [3.05, 3.63) is 23.2 Å². The van der Waals surface area contributed by atoms with E-state index >= 15 is 0 Å². The van der Waals surface area contributed by atoms with Crippen molar-refractivity contribution in [2.45, 2.75) is 25.0 Å². The molecular weight excluding hydrogens is 308 g/mol. The van der Waals surface area contributed by atoms with E-state index in [1.807, 2.05) is 4.90 Å². The van der Waals surface area contributed by atoms with Gasteiger partial charge in [0.1, 0.15) is 5.52 Å². The van der Waals surface area contributed by atoms with Crippen LogP contribution >= 0.6 is 23.4 Å². The Labute approximate surface area is 132 Å². The number of aromatic nitrogens is 1. The van der Waals surface area contributed by atoms with E-state index in [1.54, 1.807) is 18.2 Å². The summed E-state index contributed by atoms with van der Waals surface area (Å²) in [6, 6.07) is 5.32. The number of thioether (sulfide) groups is 1. The maximum atomic E-state index is 12.2. The van der Waals surface area contributed by atoms with Crippen LogP contribution in [-0.4, -0.2) is 34.6 Å². The Kier molecular flexibility index (Phi) is 4.40. The van der Waals surface area contributed by atoms with Gasteiger partial charge in [-0.2, -0.15) is 0 Å². The molecule has 1 saturated heterocycles. The summed E-state index contributed by atoms with van der Waals surface area (Å²) in [6.07, 6.45) is 2.19. The van der Waals surface area contributed by atoms with E-state index in [2.05, 4.69) is 11.9 Å². The number of piperidine rings is 1. The molecule has 0 unspecified atom stereocenters. The first-order valence-electron chi connectivity index (χ1n) is 7.08. The molecule has 0 bridgehead atoms. The van der Waals surface area contributed by atoms with Crippen LogP contribution in [0.3, 0.4) is 0 Å². The summed E-state index contributed by atoms with van der Waals surface area (Å²) in [5.74, 6) is 1.25. The van der Waals surface area contributed by atoms with E-state index in [-0.39, 0.29) is 5.91 Å². The van der Waals surface area contributed by atoms with Crippen LogP contribution in [0.15, 0.2) is 27.8 Å². The third kappa shape index (κ3) is 3.52. The first-order valence-corrected chi connectivity index (χ1v) is 8.45. The Morgan fingerprint density at radius 2 is 2.24 bits per heavy atom. The number of amides is 1. The normalized spacial score (nSPS) is 16.6. The molecule has 1 amide bonds. The van der Waals surface area contributed by atoms with E-state index in [4.69, 9.17) is 16.0 Å². The highest BCUT2D eigenvalue weighted by molar-refractivity contribution is 7.99. The molecule has 1 aromatic heterocycles. The molecule has 2 heterocycles. The Morgan fingerprint density at radius 1 is 1.48 bits per heavy atom. The van der Waals surface area contributed by atoms with E-state index < -0.39 is 0 Å². The van der Waals surface area contributed by atoms with Crippen LogP contribution in [0.2, 0.25) is 5.02 Å². The zero-order valence-electron chi connectivity index (χ0n) is 11.8. The van der Waals surface area contributed by atoms with Gasteiger partial charge in [0.2, 0.25) is 5.91 Å². The minimum absolute atomic E-state index is 0.159. The maximum absolute atomic E-state index is 12.2. The van der Waals surface area contributed by atoms with Crippen molar-refractivity contribution in [1.82, 2.24) is 9.88 Å². The highest BCUT2D eigenvalue weighted by Gasteiger charge is 2.20. The standard InChI is InChI=1S/C15H17ClN2O2S/c1-10-4-6-18(7-5-10)14(19)9-21-15-17-12-8-11(16)2-3-13(12)20-15/h2-3,8,10H,4-7,9H2,1H3. The molecule has 112 valence electrons. The lowest BCUT2D eigenvalue weighted by molar-refractivity contribution is -0.129. The molecule has 1 fully saturated rings. The summed E-state index contributed by atoms with van der Waals surface area (Å²) >= 11 is 7.26.